The van der Waals surface area contributed by atoms with E-state index in [1.54, 1.807) is 0 Å². The van der Waals surface area contributed by atoms with Gasteiger partial charge < -0.3 is 16.0 Å². The fourth-order valence-corrected chi connectivity index (χ4v) is 1.66. The van der Waals surface area contributed by atoms with Gasteiger partial charge in [-0.25, -0.2) is 4.98 Å². The lowest BCUT2D eigenvalue weighted by Gasteiger charge is -2.09. The number of nitrogens with one attached hydrogen (secondary N) is 1. The van der Waals surface area contributed by atoms with E-state index >= 15 is 0 Å². The predicted molar refractivity (Wildman–Crippen MR) is 61.5 cm³/mol. The Morgan fingerprint density at radius 1 is 1.56 bits per heavy atom. The van der Waals surface area contributed by atoms with E-state index in [-0.39, 0.29) is 10.9 Å². The van der Waals surface area contributed by atoms with E-state index in [9.17, 15) is 9.59 Å². The lowest BCUT2D eigenvalue weighted by molar-refractivity contribution is 0.0953. The first kappa shape index (κ1) is 12.6. The quantitative estimate of drug-likeness (QED) is 0.731. The average molecular weight is 242 g/mol. The third-order valence-corrected chi connectivity index (χ3v) is 2.80. The molecular formula is C9H14N4O2S. The van der Waals surface area contributed by atoms with Crippen LogP contribution in [0.4, 0.5) is 0 Å². The monoisotopic (exact) mass is 242 g/mol. The molecule has 16 heavy (non-hydrogen) atoms. The Labute approximate surface area is 97.5 Å². The largest absolute Gasteiger partial charge is 0.364 e. The van der Waals surface area contributed by atoms with E-state index in [2.05, 4.69) is 10.3 Å². The lowest BCUT2D eigenvalue weighted by Crippen LogP contribution is -2.30. The molecule has 0 unspecified atom stereocenters. The average Bonchev–Trinajstić information content (AvgIpc) is 2.65. The van der Waals surface area contributed by atoms with Gasteiger partial charge in [0.15, 0.2) is 5.01 Å². The highest BCUT2D eigenvalue weighted by Gasteiger charge is 2.12. The summed E-state index contributed by atoms with van der Waals surface area (Å²) in [5.41, 5.74) is 5.04. The highest BCUT2D eigenvalue weighted by atomic mass is 32.1. The number of carbonyl (C=O) groups is 2. The molecule has 88 valence electrons. The van der Waals surface area contributed by atoms with Gasteiger partial charge in [0.2, 0.25) is 0 Å². The summed E-state index contributed by atoms with van der Waals surface area (Å²) in [6, 6.07) is 0. The molecule has 3 N–H and O–H groups in total. The first-order chi connectivity index (χ1) is 7.50. The van der Waals surface area contributed by atoms with Crippen molar-refractivity contribution in [3.8, 4) is 0 Å². The van der Waals surface area contributed by atoms with E-state index < -0.39 is 5.91 Å². The van der Waals surface area contributed by atoms with Crippen LogP contribution in [0.25, 0.3) is 0 Å². The fraction of sp³-hybridized carbons (Fsp3) is 0.444. The second kappa shape index (κ2) is 5.57. The third kappa shape index (κ3) is 3.59. The van der Waals surface area contributed by atoms with Crippen molar-refractivity contribution in [2.75, 3.05) is 27.2 Å². The molecule has 2 amide bonds. The van der Waals surface area contributed by atoms with Crippen LogP contribution in [0.15, 0.2) is 6.20 Å². The van der Waals surface area contributed by atoms with Crippen molar-refractivity contribution < 1.29 is 9.59 Å². The smallest absolute Gasteiger partial charge is 0.277 e. The Kier molecular flexibility index (Phi) is 4.39. The second-order valence-corrected chi connectivity index (χ2v) is 4.48. The number of nitrogens with two attached hydrogens (primary N) is 1. The number of hydrogen-bond acceptors (Lipinski definition) is 5. The Morgan fingerprint density at radius 3 is 2.75 bits per heavy atom. The highest BCUT2D eigenvalue weighted by Crippen LogP contribution is 2.11. The van der Waals surface area contributed by atoms with Crippen LogP contribution < -0.4 is 11.1 Å². The molecule has 0 atom stereocenters. The molecule has 7 heteroatoms. The number of primary amides is 1. The van der Waals surface area contributed by atoms with Crippen LogP contribution >= 0.6 is 11.3 Å². The molecule has 0 radical (unpaired) electrons. The number of aromatic nitrogens is 1. The summed E-state index contributed by atoms with van der Waals surface area (Å²) in [6.07, 6.45) is 1.36. The van der Waals surface area contributed by atoms with Crippen molar-refractivity contribution in [2.24, 2.45) is 5.73 Å². The minimum absolute atomic E-state index is 0.151. The van der Waals surface area contributed by atoms with Gasteiger partial charge in [-0.3, -0.25) is 9.59 Å². The lowest BCUT2D eigenvalue weighted by atomic mass is 10.5. The van der Waals surface area contributed by atoms with Gasteiger partial charge in [0.25, 0.3) is 11.8 Å². The van der Waals surface area contributed by atoms with E-state index in [1.165, 1.54) is 6.20 Å². The Balaban J connectivity index is 2.50. The van der Waals surface area contributed by atoms with Crippen LogP contribution in [0.2, 0.25) is 0 Å². The van der Waals surface area contributed by atoms with Crippen molar-refractivity contribution in [3.05, 3.63) is 16.1 Å². The molecule has 0 saturated carbocycles. The van der Waals surface area contributed by atoms with E-state index in [0.29, 0.717) is 11.4 Å². The van der Waals surface area contributed by atoms with Gasteiger partial charge in [-0.1, -0.05) is 0 Å². The Bertz CT molecular complexity index is 389. The number of amides is 2. The van der Waals surface area contributed by atoms with Gasteiger partial charge in [0.1, 0.15) is 4.88 Å². The molecule has 1 aromatic heterocycles. The fourth-order valence-electron chi connectivity index (χ4n) is 0.973. The third-order valence-electron chi connectivity index (χ3n) is 1.78. The SMILES string of the molecule is CN(C)CCNC(=O)c1cnc(C(N)=O)s1. The molecule has 0 aliphatic rings. The van der Waals surface area contributed by atoms with Crippen LogP contribution in [0.1, 0.15) is 19.5 Å². The van der Waals surface area contributed by atoms with Crippen LogP contribution in [0.5, 0.6) is 0 Å². The van der Waals surface area contributed by atoms with Crippen molar-refractivity contribution in [1.29, 1.82) is 0 Å². The minimum Gasteiger partial charge on any atom is -0.364 e. The zero-order valence-corrected chi connectivity index (χ0v) is 10.0. The van der Waals surface area contributed by atoms with Crippen LogP contribution in [0, 0.1) is 0 Å². The predicted octanol–water partition coefficient (Wildman–Crippen LogP) is -0.467. The second-order valence-electron chi connectivity index (χ2n) is 3.45. The molecule has 0 aliphatic carbocycles. The Hall–Kier alpha value is -1.47. The number of hydrogen-bond donors (Lipinski definition) is 2. The van der Waals surface area contributed by atoms with Crippen molar-refractivity contribution in [1.82, 2.24) is 15.2 Å². The molecule has 0 aromatic carbocycles. The molecule has 0 saturated heterocycles. The summed E-state index contributed by atoms with van der Waals surface area (Å²) in [6.45, 7) is 1.31. The highest BCUT2D eigenvalue weighted by molar-refractivity contribution is 7.15. The molecule has 0 aliphatic heterocycles. The normalized spacial score (nSPS) is 10.4. The van der Waals surface area contributed by atoms with E-state index in [1.807, 2.05) is 19.0 Å². The molecule has 0 bridgehead atoms. The summed E-state index contributed by atoms with van der Waals surface area (Å²) >= 11 is 0.997. The van der Waals surface area contributed by atoms with Crippen LogP contribution in [0.3, 0.4) is 0 Å². The summed E-state index contributed by atoms with van der Waals surface area (Å²) in [7, 11) is 3.84. The van der Waals surface area contributed by atoms with Gasteiger partial charge in [-0.2, -0.15) is 0 Å². The number of carbonyl (C=O) groups excluding carboxylic acids is 2. The van der Waals surface area contributed by atoms with E-state index in [4.69, 9.17) is 5.73 Å². The topological polar surface area (TPSA) is 88.3 Å². The van der Waals surface area contributed by atoms with Gasteiger partial charge in [0.05, 0.1) is 6.20 Å². The maximum atomic E-state index is 11.6. The maximum Gasteiger partial charge on any atom is 0.277 e. The number of likely N-dealkylation sites (N-methyl/N-ethyl adjacent to an activating group) is 1. The van der Waals surface area contributed by atoms with Gasteiger partial charge in [-0.05, 0) is 14.1 Å². The zero-order chi connectivity index (χ0) is 12.1. The standard InChI is InChI=1S/C9H14N4O2S/c1-13(2)4-3-11-8(15)6-5-12-9(16-6)7(10)14/h5H,3-4H2,1-2H3,(H2,10,14)(H,11,15). The number of nitrogens with zero attached hydrogens (tertiary/aromatic N) is 2. The van der Waals surface area contributed by atoms with Crippen LogP contribution in [-0.4, -0.2) is 48.9 Å². The molecule has 1 aromatic rings. The van der Waals surface area contributed by atoms with Gasteiger partial charge in [0, 0.05) is 13.1 Å². The maximum absolute atomic E-state index is 11.6. The van der Waals surface area contributed by atoms with Crippen molar-refractivity contribution in [3.63, 3.8) is 0 Å². The Morgan fingerprint density at radius 2 is 2.25 bits per heavy atom. The number of rotatable bonds is 5. The van der Waals surface area contributed by atoms with Crippen molar-refractivity contribution in [2.45, 2.75) is 0 Å². The molecule has 0 spiro atoms. The minimum atomic E-state index is -0.614. The first-order valence-corrected chi connectivity index (χ1v) is 5.51. The van der Waals surface area contributed by atoms with Gasteiger partial charge >= 0.3 is 0 Å². The summed E-state index contributed by atoms with van der Waals surface area (Å²) in [4.78, 5) is 28.4. The van der Waals surface area contributed by atoms with E-state index in [0.717, 1.165) is 17.9 Å². The number of thiazole rings is 1. The van der Waals surface area contributed by atoms with Crippen molar-refractivity contribution >= 4 is 23.2 Å². The summed E-state index contributed by atoms with van der Waals surface area (Å²) < 4.78 is 0. The molecular weight excluding hydrogens is 228 g/mol. The molecule has 0 fully saturated rings. The molecule has 1 rings (SSSR count). The zero-order valence-electron chi connectivity index (χ0n) is 9.19. The molecule has 1 heterocycles. The first-order valence-electron chi connectivity index (χ1n) is 4.69. The van der Waals surface area contributed by atoms with Crippen LogP contribution in [-0.2, 0) is 0 Å². The summed E-state index contributed by atoms with van der Waals surface area (Å²) in [5, 5.41) is 2.87. The summed E-state index contributed by atoms with van der Waals surface area (Å²) in [5.74, 6) is -0.843. The molecule has 6 nitrogen and oxygen atoms in total. The van der Waals surface area contributed by atoms with Gasteiger partial charge in [-0.15, -0.1) is 11.3 Å².